The summed E-state index contributed by atoms with van der Waals surface area (Å²) in [7, 11) is 0. The van der Waals surface area contributed by atoms with Crippen molar-refractivity contribution >= 4 is 23.1 Å². The Morgan fingerprint density at radius 1 is 0.867 bits per heavy atom. The number of hydrogen-bond acceptors (Lipinski definition) is 4. The van der Waals surface area contributed by atoms with E-state index in [0.717, 1.165) is 48.4 Å². The zero-order valence-electron chi connectivity index (χ0n) is 18.1. The quantitative estimate of drug-likeness (QED) is 0.690. The van der Waals surface area contributed by atoms with Crippen LogP contribution in [0.15, 0.2) is 48.2 Å². The monoisotopic (exact) mass is 404 g/mol. The van der Waals surface area contributed by atoms with Crippen LogP contribution in [-0.2, 0) is 9.59 Å². The summed E-state index contributed by atoms with van der Waals surface area (Å²) >= 11 is 0. The number of ether oxygens (including phenoxy) is 1. The van der Waals surface area contributed by atoms with E-state index in [-0.39, 0.29) is 17.9 Å². The van der Waals surface area contributed by atoms with Crippen molar-refractivity contribution in [1.29, 1.82) is 0 Å². The molecule has 0 saturated carbocycles. The zero-order chi connectivity index (χ0) is 21.4. The largest absolute Gasteiger partial charge is 0.491 e. The molecule has 4 rings (SSSR count). The maximum Gasteiger partial charge on any atom is 0.282 e. The minimum absolute atomic E-state index is 0.0742. The number of hydrogen-bond donors (Lipinski definition) is 0. The predicted molar refractivity (Wildman–Crippen MR) is 118 cm³/mol. The molecule has 156 valence electrons. The number of aryl methyl sites for hydroxylation is 2. The fraction of sp³-hybridized carbons (Fsp3) is 0.360. The summed E-state index contributed by atoms with van der Waals surface area (Å²) in [5.41, 5.74) is 4.56. The van der Waals surface area contributed by atoms with Gasteiger partial charge in [-0.1, -0.05) is 18.2 Å². The number of rotatable bonds is 5. The van der Waals surface area contributed by atoms with Gasteiger partial charge in [0.25, 0.3) is 11.8 Å². The molecule has 5 nitrogen and oxygen atoms in total. The topological polar surface area (TPSA) is 49.9 Å². The highest BCUT2D eigenvalue weighted by Crippen LogP contribution is 2.37. The van der Waals surface area contributed by atoms with Crippen LogP contribution in [0.25, 0.3) is 5.57 Å². The lowest BCUT2D eigenvalue weighted by atomic mass is 10.0. The van der Waals surface area contributed by atoms with Crippen molar-refractivity contribution in [2.75, 3.05) is 18.0 Å². The summed E-state index contributed by atoms with van der Waals surface area (Å²) < 4.78 is 5.73. The summed E-state index contributed by atoms with van der Waals surface area (Å²) in [6, 6.07) is 13.2. The van der Waals surface area contributed by atoms with Crippen molar-refractivity contribution < 1.29 is 14.3 Å². The summed E-state index contributed by atoms with van der Waals surface area (Å²) in [5, 5.41) is 0. The average molecular weight is 405 g/mol. The predicted octanol–water partition coefficient (Wildman–Crippen LogP) is 4.47. The highest BCUT2D eigenvalue weighted by molar-refractivity contribution is 6.45. The van der Waals surface area contributed by atoms with Crippen LogP contribution in [-0.4, -0.2) is 35.9 Å². The first kappa shape index (κ1) is 20.2. The van der Waals surface area contributed by atoms with E-state index in [1.807, 2.05) is 70.2 Å². The molecule has 2 aliphatic rings. The van der Waals surface area contributed by atoms with Crippen LogP contribution < -0.4 is 9.64 Å². The van der Waals surface area contributed by atoms with Crippen molar-refractivity contribution in [3.8, 4) is 5.75 Å². The minimum atomic E-state index is -0.261. The van der Waals surface area contributed by atoms with Crippen LogP contribution >= 0.6 is 0 Å². The number of anilines is 1. The molecular formula is C25H28N2O3. The molecule has 2 amide bonds. The van der Waals surface area contributed by atoms with Crippen molar-refractivity contribution in [3.63, 3.8) is 0 Å². The number of carbonyl (C=O) groups excluding carboxylic acids is 2. The summed E-state index contributed by atoms with van der Waals surface area (Å²) in [4.78, 5) is 30.4. The maximum atomic E-state index is 13.5. The van der Waals surface area contributed by atoms with Gasteiger partial charge in [-0.25, -0.2) is 4.90 Å². The molecule has 2 aliphatic heterocycles. The van der Waals surface area contributed by atoms with E-state index >= 15 is 0 Å². The lowest BCUT2D eigenvalue weighted by Gasteiger charge is -2.20. The molecule has 2 aromatic carbocycles. The molecule has 2 heterocycles. The number of nitrogens with zero attached hydrogens (tertiary/aromatic N) is 2. The molecule has 0 atom stereocenters. The number of likely N-dealkylation sites (tertiary alicyclic amines) is 1. The van der Waals surface area contributed by atoms with Gasteiger partial charge in [0.1, 0.15) is 11.4 Å². The molecule has 1 fully saturated rings. The fourth-order valence-corrected chi connectivity index (χ4v) is 4.08. The molecule has 0 spiro atoms. The van der Waals surface area contributed by atoms with E-state index in [0.29, 0.717) is 17.0 Å². The molecule has 0 radical (unpaired) electrons. The van der Waals surface area contributed by atoms with Crippen LogP contribution in [0.1, 0.15) is 43.4 Å². The maximum absolute atomic E-state index is 13.5. The second kappa shape index (κ2) is 7.98. The molecule has 0 aliphatic carbocycles. The Morgan fingerprint density at radius 2 is 1.53 bits per heavy atom. The van der Waals surface area contributed by atoms with Crippen LogP contribution in [0.2, 0.25) is 0 Å². The van der Waals surface area contributed by atoms with Crippen LogP contribution in [0.3, 0.4) is 0 Å². The van der Waals surface area contributed by atoms with Gasteiger partial charge in [0.15, 0.2) is 0 Å². The third kappa shape index (κ3) is 3.60. The highest BCUT2D eigenvalue weighted by atomic mass is 16.5. The molecule has 5 heteroatoms. The third-order valence-electron chi connectivity index (χ3n) is 5.75. The highest BCUT2D eigenvalue weighted by Gasteiger charge is 2.43. The molecule has 1 saturated heterocycles. The van der Waals surface area contributed by atoms with E-state index in [1.165, 1.54) is 4.90 Å². The summed E-state index contributed by atoms with van der Waals surface area (Å²) in [5.74, 6) is 0.255. The van der Waals surface area contributed by atoms with Gasteiger partial charge in [-0.3, -0.25) is 9.59 Å². The standard InChI is InChI=1S/C25H28N2O3/c1-16(2)30-21-11-8-19(9-12-21)22-23(26-13-5-6-14-26)25(29)27(24(22)28)20-10-7-17(3)18(4)15-20/h7-12,15-16H,5-6,13-14H2,1-4H3. The van der Waals surface area contributed by atoms with E-state index in [9.17, 15) is 9.59 Å². The smallest absolute Gasteiger partial charge is 0.282 e. The Morgan fingerprint density at radius 3 is 2.13 bits per heavy atom. The number of benzene rings is 2. The minimum Gasteiger partial charge on any atom is -0.491 e. The Kier molecular flexibility index (Phi) is 5.37. The SMILES string of the molecule is Cc1ccc(N2C(=O)C(c3ccc(OC(C)C)cc3)=C(N3CCCC3)C2=O)cc1C. The first-order valence-corrected chi connectivity index (χ1v) is 10.6. The van der Waals surface area contributed by atoms with Gasteiger partial charge in [-0.15, -0.1) is 0 Å². The molecule has 30 heavy (non-hydrogen) atoms. The van der Waals surface area contributed by atoms with Gasteiger partial charge >= 0.3 is 0 Å². The second-order valence-corrected chi connectivity index (χ2v) is 8.32. The van der Waals surface area contributed by atoms with E-state index in [1.54, 1.807) is 0 Å². The van der Waals surface area contributed by atoms with E-state index < -0.39 is 0 Å². The van der Waals surface area contributed by atoms with Gasteiger partial charge in [-0.2, -0.15) is 0 Å². The number of carbonyl (C=O) groups is 2. The molecule has 0 aromatic heterocycles. The Balaban J connectivity index is 1.77. The van der Waals surface area contributed by atoms with Crippen LogP contribution in [0.4, 0.5) is 5.69 Å². The van der Waals surface area contributed by atoms with Crippen molar-refractivity contribution in [2.45, 2.75) is 46.6 Å². The average Bonchev–Trinajstić information content (AvgIpc) is 3.31. The van der Waals surface area contributed by atoms with Crippen molar-refractivity contribution in [1.82, 2.24) is 4.90 Å². The number of imide groups is 1. The molecule has 2 aromatic rings. The molecule has 0 unspecified atom stereocenters. The lowest BCUT2D eigenvalue weighted by molar-refractivity contribution is -0.120. The molecular weight excluding hydrogens is 376 g/mol. The Hall–Kier alpha value is -3.08. The normalized spacial score (nSPS) is 17.0. The second-order valence-electron chi connectivity index (χ2n) is 8.32. The lowest BCUT2D eigenvalue weighted by Crippen LogP contribution is -2.34. The number of amides is 2. The third-order valence-corrected chi connectivity index (χ3v) is 5.75. The summed E-state index contributed by atoms with van der Waals surface area (Å²) in [6.45, 7) is 9.56. The first-order valence-electron chi connectivity index (χ1n) is 10.6. The Bertz CT molecular complexity index is 1020. The van der Waals surface area contributed by atoms with E-state index in [2.05, 4.69) is 4.90 Å². The Labute approximate surface area is 177 Å². The molecule has 0 bridgehead atoms. The van der Waals surface area contributed by atoms with Gasteiger partial charge < -0.3 is 9.64 Å². The van der Waals surface area contributed by atoms with Crippen LogP contribution in [0.5, 0.6) is 5.75 Å². The van der Waals surface area contributed by atoms with Gasteiger partial charge in [-0.05, 0) is 81.5 Å². The molecule has 0 N–H and O–H groups in total. The van der Waals surface area contributed by atoms with E-state index in [4.69, 9.17) is 4.74 Å². The van der Waals surface area contributed by atoms with Gasteiger partial charge in [0.05, 0.1) is 17.4 Å². The van der Waals surface area contributed by atoms with Gasteiger partial charge in [0.2, 0.25) is 0 Å². The van der Waals surface area contributed by atoms with Crippen LogP contribution in [0, 0.1) is 13.8 Å². The van der Waals surface area contributed by atoms with Gasteiger partial charge in [0, 0.05) is 13.1 Å². The first-order chi connectivity index (χ1) is 14.4. The summed E-state index contributed by atoms with van der Waals surface area (Å²) in [6.07, 6.45) is 2.14. The van der Waals surface area contributed by atoms with Crippen molar-refractivity contribution in [3.05, 3.63) is 64.9 Å². The zero-order valence-corrected chi connectivity index (χ0v) is 18.1. The fourth-order valence-electron chi connectivity index (χ4n) is 4.08. The van der Waals surface area contributed by atoms with Crippen molar-refractivity contribution in [2.24, 2.45) is 0 Å².